The Hall–Kier alpha value is -4.23. The molecule has 206 valence electrons. The van der Waals surface area contributed by atoms with Crippen molar-refractivity contribution in [1.29, 1.82) is 0 Å². The highest BCUT2D eigenvalue weighted by Crippen LogP contribution is 2.44. The number of hydrogen-bond donors (Lipinski definition) is 2. The first-order chi connectivity index (χ1) is 19.0. The predicted octanol–water partition coefficient (Wildman–Crippen LogP) is 6.57. The molecule has 5 rings (SSSR count). The van der Waals surface area contributed by atoms with E-state index < -0.39 is 18.1 Å². The first kappa shape index (κ1) is 28.8. The molecule has 1 aliphatic carbocycles. The van der Waals surface area contributed by atoms with Crippen LogP contribution in [-0.4, -0.2) is 36.9 Å². The number of amides is 1. The Morgan fingerprint density at radius 3 is 2.08 bits per heavy atom. The van der Waals surface area contributed by atoms with E-state index in [9.17, 15) is 14.7 Å². The first-order valence-electron chi connectivity index (χ1n) is 13.1. The number of alkyl carbamates (subject to hydrolysis) is 1. The Morgan fingerprint density at radius 1 is 0.875 bits per heavy atom. The molecule has 0 spiro atoms. The zero-order chi connectivity index (χ0) is 27.4. The van der Waals surface area contributed by atoms with Gasteiger partial charge in [0.2, 0.25) is 0 Å². The third-order valence-corrected chi connectivity index (χ3v) is 7.33. The topological polar surface area (TPSA) is 84.9 Å². The Labute approximate surface area is 241 Å². The lowest BCUT2D eigenvalue weighted by atomic mass is 9.96. The largest absolute Gasteiger partial charge is 0.497 e. The number of rotatable bonds is 9. The Balaban J connectivity index is 0.00000370. The van der Waals surface area contributed by atoms with Crippen molar-refractivity contribution in [3.05, 3.63) is 113 Å². The molecule has 4 aromatic rings. The van der Waals surface area contributed by atoms with E-state index in [1.165, 1.54) is 5.56 Å². The van der Waals surface area contributed by atoms with Crippen molar-refractivity contribution in [2.24, 2.45) is 0 Å². The summed E-state index contributed by atoms with van der Waals surface area (Å²) in [5, 5.41) is 12.3. The van der Waals surface area contributed by atoms with Crippen molar-refractivity contribution < 1.29 is 24.2 Å². The van der Waals surface area contributed by atoms with Gasteiger partial charge in [-0.25, -0.2) is 9.59 Å². The minimum Gasteiger partial charge on any atom is -0.497 e. The Kier molecular flexibility index (Phi) is 9.17. The molecule has 0 saturated carbocycles. The molecule has 0 bridgehead atoms. The average Bonchev–Trinajstić information content (AvgIpc) is 3.29. The highest BCUT2D eigenvalue weighted by atomic mass is 32.1. The summed E-state index contributed by atoms with van der Waals surface area (Å²) in [5.41, 5.74) is 8.59. The minimum absolute atomic E-state index is 0. The number of carboxylic acids is 1. The van der Waals surface area contributed by atoms with Gasteiger partial charge < -0.3 is 19.9 Å². The number of aliphatic carboxylic acids is 1. The molecule has 1 atom stereocenters. The molecular weight excluding hydrogens is 522 g/mol. The lowest BCUT2D eigenvalue weighted by Gasteiger charge is -2.18. The van der Waals surface area contributed by atoms with Crippen LogP contribution in [0.25, 0.3) is 22.3 Å². The molecule has 0 heterocycles. The van der Waals surface area contributed by atoms with Gasteiger partial charge >= 0.3 is 12.1 Å². The lowest BCUT2D eigenvalue weighted by Crippen LogP contribution is -2.42. The summed E-state index contributed by atoms with van der Waals surface area (Å²) in [6, 6.07) is 28.8. The van der Waals surface area contributed by atoms with Crippen molar-refractivity contribution in [2.75, 3.05) is 13.7 Å². The van der Waals surface area contributed by atoms with Gasteiger partial charge in [0.25, 0.3) is 0 Å². The normalized spacial score (nSPS) is 12.4. The van der Waals surface area contributed by atoms with Gasteiger partial charge in [0.15, 0.2) is 0 Å². The molecule has 2 N–H and O–H groups in total. The van der Waals surface area contributed by atoms with Gasteiger partial charge in [-0.3, -0.25) is 0 Å². The van der Waals surface area contributed by atoms with Crippen LogP contribution in [0.3, 0.4) is 0 Å². The van der Waals surface area contributed by atoms with Crippen LogP contribution in [0.1, 0.15) is 35.1 Å². The predicted molar refractivity (Wildman–Crippen MR) is 162 cm³/mol. The van der Waals surface area contributed by atoms with Crippen LogP contribution in [0.4, 0.5) is 4.79 Å². The van der Waals surface area contributed by atoms with Crippen molar-refractivity contribution in [3.63, 3.8) is 0 Å². The molecule has 0 aromatic heterocycles. The lowest BCUT2D eigenvalue weighted by molar-refractivity contribution is -0.139. The van der Waals surface area contributed by atoms with Crippen molar-refractivity contribution in [1.82, 2.24) is 5.32 Å². The van der Waals surface area contributed by atoms with Gasteiger partial charge in [-0.15, -0.1) is 0 Å². The van der Waals surface area contributed by atoms with Gasteiger partial charge in [-0.05, 0) is 63.1 Å². The number of ether oxygens (including phenoxy) is 2. The van der Waals surface area contributed by atoms with Crippen LogP contribution in [0, 0.1) is 0 Å². The quantitative estimate of drug-likeness (QED) is 0.244. The number of methoxy groups -OCH3 is 1. The van der Waals surface area contributed by atoms with Crippen LogP contribution in [-0.2, 0) is 22.4 Å². The summed E-state index contributed by atoms with van der Waals surface area (Å²) in [7, 11) is 1.65. The van der Waals surface area contributed by atoms with E-state index in [0.29, 0.717) is 0 Å². The van der Waals surface area contributed by atoms with Crippen LogP contribution < -0.4 is 10.1 Å². The molecule has 0 unspecified atom stereocenters. The van der Waals surface area contributed by atoms with E-state index >= 15 is 0 Å². The maximum absolute atomic E-state index is 12.7. The number of carbonyl (C=O) groups is 2. The smallest absolute Gasteiger partial charge is 0.407 e. The molecule has 0 radical (unpaired) electrons. The fourth-order valence-corrected chi connectivity index (χ4v) is 5.31. The summed E-state index contributed by atoms with van der Waals surface area (Å²) in [6.07, 6.45) is 0.259. The second kappa shape index (κ2) is 12.7. The average molecular weight is 556 g/mol. The number of hydrogen-bond acceptors (Lipinski definition) is 4. The summed E-state index contributed by atoms with van der Waals surface area (Å²) in [6.45, 7) is 2.22. The SMILES string of the molecule is CCc1cc(OC)ccc1-c1ccc(C[C@H](NC(=O)OCC2c3ccccc3-c3ccccc32)C(=O)O)cc1.S. The van der Waals surface area contributed by atoms with E-state index in [-0.39, 0.29) is 32.4 Å². The summed E-state index contributed by atoms with van der Waals surface area (Å²) in [4.78, 5) is 24.7. The fraction of sp³-hybridized carbons (Fsp3) is 0.212. The van der Waals surface area contributed by atoms with E-state index in [1.807, 2.05) is 78.9 Å². The number of nitrogens with one attached hydrogen (secondary N) is 1. The molecular formula is C33H33NO5S. The zero-order valence-electron chi connectivity index (χ0n) is 22.5. The van der Waals surface area contributed by atoms with E-state index in [1.54, 1.807) is 7.11 Å². The second-order valence-corrected chi connectivity index (χ2v) is 9.64. The molecule has 4 aromatic carbocycles. The van der Waals surface area contributed by atoms with Crippen LogP contribution in [0.15, 0.2) is 91.0 Å². The van der Waals surface area contributed by atoms with Crippen molar-refractivity contribution in [2.45, 2.75) is 31.7 Å². The Bertz CT molecular complexity index is 1460. The number of carbonyl (C=O) groups excluding carboxylic acids is 1. The monoisotopic (exact) mass is 555 g/mol. The minimum atomic E-state index is -1.11. The van der Waals surface area contributed by atoms with Gasteiger partial charge in [0.05, 0.1) is 7.11 Å². The maximum atomic E-state index is 12.7. The molecule has 6 nitrogen and oxygen atoms in total. The number of benzene rings is 4. The van der Waals surface area contributed by atoms with E-state index in [0.717, 1.165) is 51.1 Å². The number of fused-ring (bicyclic) bond motifs is 3. The van der Waals surface area contributed by atoms with Crippen LogP contribution in [0.5, 0.6) is 5.75 Å². The Morgan fingerprint density at radius 2 is 1.50 bits per heavy atom. The zero-order valence-corrected chi connectivity index (χ0v) is 23.5. The van der Waals surface area contributed by atoms with Gasteiger partial charge in [0.1, 0.15) is 18.4 Å². The second-order valence-electron chi connectivity index (χ2n) is 9.64. The van der Waals surface area contributed by atoms with E-state index in [2.05, 4.69) is 24.4 Å². The molecule has 0 saturated heterocycles. The third kappa shape index (κ3) is 6.00. The molecule has 7 heteroatoms. The van der Waals surface area contributed by atoms with Crippen molar-refractivity contribution >= 4 is 25.6 Å². The highest BCUT2D eigenvalue weighted by molar-refractivity contribution is 7.59. The molecule has 1 amide bonds. The number of aryl methyl sites for hydroxylation is 1. The standard InChI is InChI=1S/C33H31NO5.H2S/c1-3-22-19-24(38-2)16-17-25(22)23-14-12-21(13-15-23)18-31(32(35)36)34-33(37)39-20-30-28-10-6-4-8-26(28)27-9-5-7-11-29(27)30;/h4-17,19,30-31H,3,18,20H2,1-2H3,(H,34,37)(H,35,36);1H2/t31-;/m0./s1. The highest BCUT2D eigenvalue weighted by Gasteiger charge is 2.29. The van der Waals surface area contributed by atoms with Gasteiger partial charge in [-0.2, -0.15) is 13.5 Å². The summed E-state index contributed by atoms with van der Waals surface area (Å²) in [5.74, 6) is -0.392. The van der Waals surface area contributed by atoms with Crippen LogP contribution in [0.2, 0.25) is 0 Å². The van der Waals surface area contributed by atoms with Crippen molar-refractivity contribution in [3.8, 4) is 28.0 Å². The van der Waals surface area contributed by atoms with Crippen LogP contribution >= 0.6 is 13.5 Å². The molecule has 1 aliphatic rings. The molecule has 40 heavy (non-hydrogen) atoms. The molecule has 0 fully saturated rings. The summed E-state index contributed by atoms with van der Waals surface area (Å²) < 4.78 is 10.9. The van der Waals surface area contributed by atoms with E-state index in [4.69, 9.17) is 9.47 Å². The fourth-order valence-electron chi connectivity index (χ4n) is 5.31. The third-order valence-electron chi connectivity index (χ3n) is 7.33. The van der Waals surface area contributed by atoms with Gasteiger partial charge in [-0.1, -0.05) is 85.8 Å². The first-order valence-corrected chi connectivity index (χ1v) is 13.1. The molecule has 0 aliphatic heterocycles. The number of carboxylic acid groups (broad SMARTS) is 1. The summed E-state index contributed by atoms with van der Waals surface area (Å²) >= 11 is 0. The van der Waals surface area contributed by atoms with Gasteiger partial charge in [0, 0.05) is 12.3 Å². The maximum Gasteiger partial charge on any atom is 0.407 e.